The minimum atomic E-state index is -0.235. The highest BCUT2D eigenvalue weighted by molar-refractivity contribution is 6.33. The molecule has 0 aliphatic rings. The van der Waals surface area contributed by atoms with Crippen LogP contribution in [0.25, 0.3) is 0 Å². The van der Waals surface area contributed by atoms with Crippen molar-refractivity contribution in [2.75, 3.05) is 0 Å². The molecule has 6 heteroatoms. The lowest BCUT2D eigenvalue weighted by molar-refractivity contribution is 0.0950. The summed E-state index contributed by atoms with van der Waals surface area (Å²) in [6, 6.07) is 13.6. The van der Waals surface area contributed by atoms with Crippen LogP contribution in [0.15, 0.2) is 54.9 Å². The van der Waals surface area contributed by atoms with Gasteiger partial charge >= 0.3 is 0 Å². The maximum atomic E-state index is 12.5. The van der Waals surface area contributed by atoms with Crippen LogP contribution in [0.1, 0.15) is 27.2 Å². The SMILES string of the molecule is Cc1nn(Cc2ccccc2)c(Cl)c1C(=O)NCc1cccnc1. The van der Waals surface area contributed by atoms with E-state index < -0.39 is 0 Å². The summed E-state index contributed by atoms with van der Waals surface area (Å²) in [5, 5.41) is 7.60. The van der Waals surface area contributed by atoms with E-state index >= 15 is 0 Å². The summed E-state index contributed by atoms with van der Waals surface area (Å²) in [6.07, 6.45) is 3.41. The van der Waals surface area contributed by atoms with Crippen molar-refractivity contribution in [1.29, 1.82) is 0 Å². The van der Waals surface area contributed by atoms with Gasteiger partial charge in [-0.25, -0.2) is 4.68 Å². The number of hydrogen-bond acceptors (Lipinski definition) is 3. The van der Waals surface area contributed by atoms with E-state index in [0.717, 1.165) is 11.1 Å². The number of carbonyl (C=O) groups is 1. The van der Waals surface area contributed by atoms with Crippen LogP contribution in [-0.2, 0) is 13.1 Å². The van der Waals surface area contributed by atoms with Crippen molar-refractivity contribution in [2.45, 2.75) is 20.0 Å². The van der Waals surface area contributed by atoms with Crippen LogP contribution in [0.4, 0.5) is 0 Å². The second-order valence-corrected chi connectivity index (χ2v) is 5.80. The number of nitrogens with zero attached hydrogens (tertiary/aromatic N) is 3. The Hall–Kier alpha value is -2.66. The predicted molar refractivity (Wildman–Crippen MR) is 92.9 cm³/mol. The molecular weight excluding hydrogens is 324 g/mol. The average molecular weight is 341 g/mol. The lowest BCUT2D eigenvalue weighted by Gasteiger charge is -2.06. The first kappa shape index (κ1) is 16.2. The molecule has 0 aliphatic carbocycles. The van der Waals surface area contributed by atoms with Crippen LogP contribution in [0.3, 0.4) is 0 Å². The van der Waals surface area contributed by atoms with Gasteiger partial charge in [-0.2, -0.15) is 5.10 Å². The summed E-state index contributed by atoms with van der Waals surface area (Å²) in [4.78, 5) is 16.5. The van der Waals surface area contributed by atoms with Crippen LogP contribution in [0.2, 0.25) is 5.15 Å². The highest BCUT2D eigenvalue weighted by Gasteiger charge is 2.20. The molecule has 122 valence electrons. The molecule has 0 aliphatic heterocycles. The highest BCUT2D eigenvalue weighted by atomic mass is 35.5. The first-order valence-electron chi connectivity index (χ1n) is 7.59. The first-order chi connectivity index (χ1) is 11.6. The molecule has 2 aromatic heterocycles. The minimum absolute atomic E-state index is 0.235. The Labute approximate surface area is 145 Å². The van der Waals surface area contributed by atoms with Crippen molar-refractivity contribution < 1.29 is 4.79 Å². The van der Waals surface area contributed by atoms with Crippen molar-refractivity contribution >= 4 is 17.5 Å². The van der Waals surface area contributed by atoms with Crippen LogP contribution in [0.5, 0.6) is 0 Å². The Morgan fingerprint density at radius 1 is 1.17 bits per heavy atom. The van der Waals surface area contributed by atoms with Gasteiger partial charge in [-0.3, -0.25) is 9.78 Å². The quantitative estimate of drug-likeness (QED) is 0.775. The zero-order chi connectivity index (χ0) is 16.9. The zero-order valence-electron chi connectivity index (χ0n) is 13.2. The Morgan fingerprint density at radius 2 is 1.92 bits per heavy atom. The molecule has 0 unspecified atom stereocenters. The van der Waals surface area contributed by atoms with Gasteiger partial charge in [0.25, 0.3) is 5.91 Å². The molecule has 1 amide bonds. The van der Waals surface area contributed by atoms with Gasteiger partial charge in [-0.05, 0) is 24.1 Å². The minimum Gasteiger partial charge on any atom is -0.348 e. The molecule has 1 aromatic carbocycles. The fraction of sp³-hybridized carbons (Fsp3) is 0.167. The normalized spacial score (nSPS) is 10.6. The smallest absolute Gasteiger partial charge is 0.256 e. The third-order valence-electron chi connectivity index (χ3n) is 3.64. The predicted octanol–water partition coefficient (Wildman–Crippen LogP) is 3.22. The molecule has 3 rings (SSSR count). The monoisotopic (exact) mass is 340 g/mol. The molecule has 0 spiro atoms. The van der Waals surface area contributed by atoms with Gasteiger partial charge in [-0.1, -0.05) is 48.0 Å². The third kappa shape index (κ3) is 3.63. The molecule has 24 heavy (non-hydrogen) atoms. The van der Waals surface area contributed by atoms with Gasteiger partial charge < -0.3 is 5.32 Å². The number of aromatic nitrogens is 3. The topological polar surface area (TPSA) is 59.8 Å². The van der Waals surface area contributed by atoms with Gasteiger partial charge in [0.05, 0.1) is 17.8 Å². The number of pyridine rings is 1. The van der Waals surface area contributed by atoms with Gasteiger partial charge in [-0.15, -0.1) is 0 Å². The van der Waals surface area contributed by atoms with E-state index in [2.05, 4.69) is 15.4 Å². The van der Waals surface area contributed by atoms with Crippen LogP contribution in [-0.4, -0.2) is 20.7 Å². The second-order valence-electron chi connectivity index (χ2n) is 5.44. The van der Waals surface area contributed by atoms with E-state index in [4.69, 9.17) is 11.6 Å². The maximum absolute atomic E-state index is 12.5. The molecule has 3 aromatic rings. The van der Waals surface area contributed by atoms with Crippen molar-refractivity contribution in [3.05, 3.63) is 82.4 Å². The molecule has 0 bridgehead atoms. The van der Waals surface area contributed by atoms with Crippen molar-refractivity contribution in [2.24, 2.45) is 0 Å². The molecule has 0 saturated carbocycles. The standard InChI is InChI=1S/C18H17ClN4O/c1-13-16(18(24)21-11-15-8-5-9-20-10-15)17(19)23(22-13)12-14-6-3-2-4-7-14/h2-10H,11-12H2,1H3,(H,21,24). The molecule has 0 fully saturated rings. The van der Waals surface area contributed by atoms with Crippen molar-refractivity contribution in [3.63, 3.8) is 0 Å². The van der Waals surface area contributed by atoms with E-state index in [1.807, 2.05) is 42.5 Å². The lowest BCUT2D eigenvalue weighted by Crippen LogP contribution is -2.23. The van der Waals surface area contributed by atoms with E-state index in [1.54, 1.807) is 24.0 Å². The largest absolute Gasteiger partial charge is 0.348 e. The number of benzene rings is 1. The number of halogens is 1. The summed E-state index contributed by atoms with van der Waals surface area (Å²) in [5.74, 6) is -0.235. The number of nitrogens with one attached hydrogen (secondary N) is 1. The zero-order valence-corrected chi connectivity index (χ0v) is 14.0. The Kier molecular flexibility index (Phi) is 4.91. The Morgan fingerprint density at radius 3 is 2.62 bits per heavy atom. The highest BCUT2D eigenvalue weighted by Crippen LogP contribution is 2.21. The first-order valence-corrected chi connectivity index (χ1v) is 7.97. The summed E-state index contributed by atoms with van der Waals surface area (Å²) in [5.41, 5.74) is 3.02. The Bertz CT molecular complexity index is 831. The summed E-state index contributed by atoms with van der Waals surface area (Å²) in [6.45, 7) is 2.70. The fourth-order valence-corrected chi connectivity index (χ4v) is 2.77. The third-order valence-corrected chi connectivity index (χ3v) is 4.03. The van der Waals surface area contributed by atoms with Crippen LogP contribution in [0, 0.1) is 6.92 Å². The molecule has 0 saturated heterocycles. The molecular formula is C18H17ClN4O. The molecule has 0 radical (unpaired) electrons. The van der Waals surface area contributed by atoms with Gasteiger partial charge in [0, 0.05) is 18.9 Å². The van der Waals surface area contributed by atoms with Gasteiger partial charge in [0.15, 0.2) is 0 Å². The summed E-state index contributed by atoms with van der Waals surface area (Å²) < 4.78 is 1.64. The number of amides is 1. The maximum Gasteiger partial charge on any atom is 0.256 e. The van der Waals surface area contributed by atoms with Crippen molar-refractivity contribution in [3.8, 4) is 0 Å². The number of hydrogen-bond donors (Lipinski definition) is 1. The molecule has 2 heterocycles. The lowest BCUT2D eigenvalue weighted by atomic mass is 10.2. The van der Waals surface area contributed by atoms with Crippen LogP contribution < -0.4 is 5.32 Å². The number of carbonyl (C=O) groups excluding carboxylic acids is 1. The van der Waals surface area contributed by atoms with Gasteiger partial charge in [0.1, 0.15) is 5.15 Å². The average Bonchev–Trinajstić information content (AvgIpc) is 2.88. The van der Waals surface area contributed by atoms with E-state index in [1.165, 1.54) is 0 Å². The number of rotatable bonds is 5. The van der Waals surface area contributed by atoms with E-state index in [9.17, 15) is 4.79 Å². The van der Waals surface area contributed by atoms with Crippen LogP contribution >= 0.6 is 11.6 Å². The Balaban J connectivity index is 1.74. The molecule has 1 N–H and O–H groups in total. The fourth-order valence-electron chi connectivity index (χ4n) is 2.45. The second kappa shape index (κ2) is 7.27. The van der Waals surface area contributed by atoms with Gasteiger partial charge in [0.2, 0.25) is 0 Å². The van der Waals surface area contributed by atoms with E-state index in [-0.39, 0.29) is 5.91 Å². The van der Waals surface area contributed by atoms with Crippen molar-refractivity contribution in [1.82, 2.24) is 20.1 Å². The summed E-state index contributed by atoms with van der Waals surface area (Å²) in [7, 11) is 0. The molecule has 0 atom stereocenters. The summed E-state index contributed by atoms with van der Waals surface area (Å²) >= 11 is 6.38. The van der Waals surface area contributed by atoms with E-state index in [0.29, 0.717) is 29.5 Å². The number of aryl methyl sites for hydroxylation is 1. The molecule has 5 nitrogen and oxygen atoms in total.